The third kappa shape index (κ3) is 4.97. The van der Waals surface area contributed by atoms with E-state index in [0.717, 1.165) is 0 Å². The Morgan fingerprint density at radius 3 is 2.56 bits per heavy atom. The zero-order valence-electron chi connectivity index (χ0n) is 10.6. The molecular weight excluding hydrogens is 202 g/mol. The molecule has 0 aliphatic heterocycles. The first-order valence-corrected chi connectivity index (χ1v) is 6.51. The fourth-order valence-corrected chi connectivity index (χ4v) is 2.30. The molecule has 0 saturated heterocycles. The standard InChI is InChI=1S/C13H25NO2/c1-11(15)8-9-14(2)13(16)10-12-6-4-3-5-7-12/h11-12,15H,3-10H2,1-2H3. The summed E-state index contributed by atoms with van der Waals surface area (Å²) in [5.41, 5.74) is 0. The van der Waals surface area contributed by atoms with Gasteiger partial charge in [-0.25, -0.2) is 0 Å². The minimum Gasteiger partial charge on any atom is -0.393 e. The fraction of sp³-hybridized carbons (Fsp3) is 0.923. The van der Waals surface area contributed by atoms with Crippen LogP contribution >= 0.6 is 0 Å². The third-order valence-corrected chi connectivity index (χ3v) is 3.50. The second-order valence-electron chi connectivity index (χ2n) is 5.16. The summed E-state index contributed by atoms with van der Waals surface area (Å²) in [4.78, 5) is 13.6. The zero-order chi connectivity index (χ0) is 12.0. The summed E-state index contributed by atoms with van der Waals surface area (Å²) < 4.78 is 0. The van der Waals surface area contributed by atoms with Crippen LogP contribution in [0.2, 0.25) is 0 Å². The SMILES string of the molecule is CC(O)CCN(C)C(=O)CC1CCCCC1. The topological polar surface area (TPSA) is 40.5 Å². The number of nitrogens with zero attached hydrogens (tertiary/aromatic N) is 1. The van der Waals surface area contributed by atoms with Crippen LogP contribution in [0.1, 0.15) is 51.9 Å². The molecule has 1 amide bonds. The van der Waals surface area contributed by atoms with Crippen molar-refractivity contribution in [1.29, 1.82) is 0 Å². The van der Waals surface area contributed by atoms with Gasteiger partial charge in [0, 0.05) is 20.0 Å². The van der Waals surface area contributed by atoms with Crippen molar-refractivity contribution in [3.05, 3.63) is 0 Å². The number of carbonyl (C=O) groups excluding carboxylic acids is 1. The average Bonchev–Trinajstić information content (AvgIpc) is 2.27. The van der Waals surface area contributed by atoms with Crippen molar-refractivity contribution in [2.75, 3.05) is 13.6 Å². The zero-order valence-corrected chi connectivity index (χ0v) is 10.6. The number of hydrogen-bond donors (Lipinski definition) is 1. The number of carbonyl (C=O) groups is 1. The molecule has 3 heteroatoms. The van der Waals surface area contributed by atoms with Gasteiger partial charge in [-0.2, -0.15) is 0 Å². The molecule has 0 bridgehead atoms. The third-order valence-electron chi connectivity index (χ3n) is 3.50. The highest BCUT2D eigenvalue weighted by Gasteiger charge is 2.19. The highest BCUT2D eigenvalue weighted by atomic mass is 16.3. The monoisotopic (exact) mass is 227 g/mol. The van der Waals surface area contributed by atoms with E-state index in [-0.39, 0.29) is 12.0 Å². The molecule has 94 valence electrons. The van der Waals surface area contributed by atoms with Crippen LogP contribution in [0.3, 0.4) is 0 Å². The van der Waals surface area contributed by atoms with Crippen LogP contribution in [0.25, 0.3) is 0 Å². The second-order valence-corrected chi connectivity index (χ2v) is 5.16. The Balaban J connectivity index is 2.22. The Hall–Kier alpha value is -0.570. The fourth-order valence-electron chi connectivity index (χ4n) is 2.30. The first-order chi connectivity index (χ1) is 7.59. The summed E-state index contributed by atoms with van der Waals surface area (Å²) >= 11 is 0. The number of hydrogen-bond acceptors (Lipinski definition) is 2. The van der Waals surface area contributed by atoms with Gasteiger partial charge in [0.15, 0.2) is 0 Å². The number of rotatable bonds is 5. The lowest BCUT2D eigenvalue weighted by molar-refractivity contribution is -0.131. The van der Waals surface area contributed by atoms with Crippen molar-refractivity contribution in [3.8, 4) is 0 Å². The van der Waals surface area contributed by atoms with Gasteiger partial charge >= 0.3 is 0 Å². The lowest BCUT2D eigenvalue weighted by Crippen LogP contribution is -2.31. The van der Waals surface area contributed by atoms with Gasteiger partial charge in [-0.05, 0) is 32.1 Å². The minimum absolute atomic E-state index is 0.243. The van der Waals surface area contributed by atoms with Gasteiger partial charge in [-0.1, -0.05) is 19.3 Å². The Labute approximate surface area is 98.8 Å². The molecule has 1 unspecified atom stereocenters. The van der Waals surface area contributed by atoms with Crippen molar-refractivity contribution in [2.45, 2.75) is 58.0 Å². The van der Waals surface area contributed by atoms with E-state index in [9.17, 15) is 4.79 Å². The Bertz CT molecular complexity index is 210. The molecule has 3 nitrogen and oxygen atoms in total. The number of aliphatic hydroxyl groups excluding tert-OH is 1. The van der Waals surface area contributed by atoms with Crippen LogP contribution < -0.4 is 0 Å². The van der Waals surface area contributed by atoms with Crippen molar-refractivity contribution in [3.63, 3.8) is 0 Å². The maximum absolute atomic E-state index is 11.9. The second kappa shape index (κ2) is 6.89. The Morgan fingerprint density at radius 2 is 2.00 bits per heavy atom. The van der Waals surface area contributed by atoms with Crippen LogP contribution in [0.15, 0.2) is 0 Å². The summed E-state index contributed by atoms with van der Waals surface area (Å²) in [6.07, 6.45) is 7.41. The molecule has 1 saturated carbocycles. The molecule has 0 aromatic carbocycles. The molecule has 0 aromatic rings. The van der Waals surface area contributed by atoms with E-state index in [1.807, 2.05) is 7.05 Å². The van der Waals surface area contributed by atoms with E-state index < -0.39 is 0 Å². The van der Waals surface area contributed by atoms with E-state index in [0.29, 0.717) is 25.3 Å². The lowest BCUT2D eigenvalue weighted by atomic mass is 9.87. The van der Waals surface area contributed by atoms with Crippen molar-refractivity contribution in [1.82, 2.24) is 4.90 Å². The molecular formula is C13H25NO2. The van der Waals surface area contributed by atoms with Crippen LogP contribution in [-0.4, -0.2) is 35.6 Å². The Kier molecular flexibility index (Phi) is 5.81. The Morgan fingerprint density at radius 1 is 1.38 bits per heavy atom. The normalized spacial score (nSPS) is 19.4. The van der Waals surface area contributed by atoms with E-state index in [1.165, 1.54) is 32.1 Å². The molecule has 1 aliphatic carbocycles. The highest BCUT2D eigenvalue weighted by molar-refractivity contribution is 5.76. The van der Waals surface area contributed by atoms with E-state index >= 15 is 0 Å². The average molecular weight is 227 g/mol. The van der Waals surface area contributed by atoms with Gasteiger partial charge < -0.3 is 10.0 Å². The van der Waals surface area contributed by atoms with Crippen molar-refractivity contribution < 1.29 is 9.90 Å². The predicted octanol–water partition coefficient (Wildman–Crippen LogP) is 2.19. The van der Waals surface area contributed by atoms with Gasteiger partial charge in [-0.3, -0.25) is 4.79 Å². The summed E-state index contributed by atoms with van der Waals surface area (Å²) in [6, 6.07) is 0. The van der Waals surface area contributed by atoms with Crippen LogP contribution in [0.4, 0.5) is 0 Å². The minimum atomic E-state index is -0.315. The molecule has 1 atom stereocenters. The van der Waals surface area contributed by atoms with Gasteiger partial charge in [0.2, 0.25) is 5.91 Å². The smallest absolute Gasteiger partial charge is 0.222 e. The summed E-state index contributed by atoms with van der Waals surface area (Å²) in [6.45, 7) is 2.43. The van der Waals surface area contributed by atoms with E-state index in [1.54, 1.807) is 11.8 Å². The lowest BCUT2D eigenvalue weighted by Gasteiger charge is -2.24. The van der Waals surface area contributed by atoms with Crippen LogP contribution in [0, 0.1) is 5.92 Å². The quantitative estimate of drug-likeness (QED) is 0.782. The van der Waals surface area contributed by atoms with E-state index in [4.69, 9.17) is 5.11 Å². The molecule has 0 aromatic heterocycles. The first-order valence-electron chi connectivity index (χ1n) is 6.51. The summed E-state index contributed by atoms with van der Waals surface area (Å²) in [5.74, 6) is 0.850. The maximum atomic E-state index is 11.9. The molecule has 1 fully saturated rings. The number of aliphatic hydroxyl groups is 1. The van der Waals surface area contributed by atoms with Crippen molar-refractivity contribution >= 4 is 5.91 Å². The number of amides is 1. The van der Waals surface area contributed by atoms with Crippen LogP contribution in [0.5, 0.6) is 0 Å². The highest BCUT2D eigenvalue weighted by Crippen LogP contribution is 2.26. The first kappa shape index (κ1) is 13.5. The molecule has 0 spiro atoms. The van der Waals surface area contributed by atoms with Crippen LogP contribution in [-0.2, 0) is 4.79 Å². The molecule has 16 heavy (non-hydrogen) atoms. The molecule has 1 aliphatic rings. The molecule has 0 heterocycles. The molecule has 1 N–H and O–H groups in total. The van der Waals surface area contributed by atoms with Gasteiger partial charge in [0.25, 0.3) is 0 Å². The summed E-state index contributed by atoms with van der Waals surface area (Å²) in [7, 11) is 1.84. The van der Waals surface area contributed by atoms with E-state index in [2.05, 4.69) is 0 Å². The molecule has 0 radical (unpaired) electrons. The van der Waals surface area contributed by atoms with Gasteiger partial charge in [-0.15, -0.1) is 0 Å². The largest absolute Gasteiger partial charge is 0.393 e. The maximum Gasteiger partial charge on any atom is 0.222 e. The van der Waals surface area contributed by atoms with Gasteiger partial charge in [0.1, 0.15) is 0 Å². The van der Waals surface area contributed by atoms with Gasteiger partial charge in [0.05, 0.1) is 6.10 Å². The molecule has 1 rings (SSSR count). The summed E-state index contributed by atoms with van der Waals surface area (Å²) in [5, 5.41) is 9.17. The predicted molar refractivity (Wildman–Crippen MR) is 65.1 cm³/mol. The van der Waals surface area contributed by atoms with Crippen molar-refractivity contribution in [2.24, 2.45) is 5.92 Å².